The highest BCUT2D eigenvalue weighted by Gasteiger charge is 2.31. The lowest BCUT2D eigenvalue weighted by atomic mass is 9.89. The summed E-state index contributed by atoms with van der Waals surface area (Å²) in [6.45, 7) is 3.81. The van der Waals surface area contributed by atoms with Crippen LogP contribution in [0.25, 0.3) is 0 Å². The largest absolute Gasteiger partial charge is 0.381 e. The summed E-state index contributed by atoms with van der Waals surface area (Å²) >= 11 is 1.97. The first kappa shape index (κ1) is 16.9. The van der Waals surface area contributed by atoms with Crippen molar-refractivity contribution in [1.82, 2.24) is 10.6 Å². The van der Waals surface area contributed by atoms with Crippen LogP contribution in [0.3, 0.4) is 0 Å². The zero-order chi connectivity index (χ0) is 15.0. The molecule has 0 unspecified atom stereocenters. The van der Waals surface area contributed by atoms with Crippen molar-refractivity contribution < 1.29 is 4.74 Å². The topological polar surface area (TPSA) is 45.7 Å². The minimum absolute atomic E-state index is 0.306. The van der Waals surface area contributed by atoms with Crippen LogP contribution in [-0.2, 0) is 4.74 Å². The van der Waals surface area contributed by atoms with Crippen molar-refractivity contribution in [2.24, 2.45) is 10.9 Å². The predicted octanol–water partition coefficient (Wildman–Crippen LogP) is 2.64. The molecular formula is C16H31N3OS. The Morgan fingerprint density at radius 1 is 1.19 bits per heavy atom. The van der Waals surface area contributed by atoms with Gasteiger partial charge in [-0.1, -0.05) is 19.3 Å². The Hall–Kier alpha value is -0.420. The summed E-state index contributed by atoms with van der Waals surface area (Å²) in [6, 6.07) is 0. The van der Waals surface area contributed by atoms with Crippen LogP contribution < -0.4 is 10.6 Å². The van der Waals surface area contributed by atoms with Gasteiger partial charge >= 0.3 is 0 Å². The lowest BCUT2D eigenvalue weighted by Crippen LogP contribution is -2.48. The molecule has 0 amide bonds. The second kappa shape index (κ2) is 8.89. The van der Waals surface area contributed by atoms with Crippen LogP contribution in [0, 0.1) is 5.92 Å². The van der Waals surface area contributed by atoms with Crippen molar-refractivity contribution in [3.05, 3.63) is 0 Å². The summed E-state index contributed by atoms with van der Waals surface area (Å²) in [5, 5.41) is 7.05. The van der Waals surface area contributed by atoms with Crippen molar-refractivity contribution in [1.29, 1.82) is 0 Å². The Labute approximate surface area is 133 Å². The van der Waals surface area contributed by atoms with E-state index in [0.29, 0.717) is 4.75 Å². The quantitative estimate of drug-likeness (QED) is 0.605. The average Bonchev–Trinajstić information content (AvgIpc) is 2.57. The fourth-order valence-corrected chi connectivity index (χ4v) is 4.09. The molecule has 1 aliphatic carbocycles. The normalized spacial score (nSPS) is 23.8. The smallest absolute Gasteiger partial charge is 0.191 e. The van der Waals surface area contributed by atoms with Gasteiger partial charge in [-0.15, -0.1) is 0 Å². The van der Waals surface area contributed by atoms with Gasteiger partial charge in [0.25, 0.3) is 0 Å². The fraction of sp³-hybridized carbons (Fsp3) is 0.938. The van der Waals surface area contributed by atoms with E-state index in [1.165, 1.54) is 32.1 Å². The van der Waals surface area contributed by atoms with E-state index in [9.17, 15) is 0 Å². The maximum atomic E-state index is 5.50. The van der Waals surface area contributed by atoms with Crippen LogP contribution >= 0.6 is 11.8 Å². The molecule has 1 heterocycles. The van der Waals surface area contributed by atoms with Crippen molar-refractivity contribution in [2.45, 2.75) is 49.7 Å². The van der Waals surface area contributed by atoms with E-state index >= 15 is 0 Å². The number of nitrogens with zero attached hydrogens (tertiary/aromatic N) is 1. The Balaban J connectivity index is 1.73. The first-order valence-corrected chi connectivity index (χ1v) is 9.58. The Morgan fingerprint density at radius 3 is 2.52 bits per heavy atom. The van der Waals surface area contributed by atoms with Crippen LogP contribution in [-0.4, -0.2) is 50.3 Å². The molecule has 0 radical (unpaired) electrons. The third-order valence-electron chi connectivity index (χ3n) is 4.92. The zero-order valence-electron chi connectivity index (χ0n) is 13.6. The van der Waals surface area contributed by atoms with E-state index in [1.807, 2.05) is 18.8 Å². The molecule has 1 saturated carbocycles. The van der Waals surface area contributed by atoms with Crippen LogP contribution in [0.15, 0.2) is 4.99 Å². The first-order chi connectivity index (χ1) is 10.3. The SMILES string of the molecule is CN=C(NCC1CCCCC1)NCC1(SC)CCOCC1. The maximum Gasteiger partial charge on any atom is 0.191 e. The van der Waals surface area contributed by atoms with Gasteiger partial charge < -0.3 is 15.4 Å². The van der Waals surface area contributed by atoms with Gasteiger partial charge in [0.2, 0.25) is 0 Å². The van der Waals surface area contributed by atoms with Gasteiger partial charge in [-0.25, -0.2) is 0 Å². The third kappa shape index (κ3) is 5.37. The molecule has 0 spiro atoms. The van der Waals surface area contributed by atoms with Crippen LogP contribution in [0.1, 0.15) is 44.9 Å². The van der Waals surface area contributed by atoms with Crippen molar-refractivity contribution in [3.8, 4) is 0 Å². The molecule has 122 valence electrons. The van der Waals surface area contributed by atoms with Gasteiger partial charge in [0.15, 0.2) is 5.96 Å². The van der Waals surface area contributed by atoms with E-state index in [-0.39, 0.29) is 0 Å². The lowest BCUT2D eigenvalue weighted by molar-refractivity contribution is 0.0783. The standard InChI is InChI=1S/C16H31N3OS/c1-17-15(18-12-14-6-4-3-5-7-14)19-13-16(21-2)8-10-20-11-9-16/h14H,3-13H2,1-2H3,(H2,17,18,19). The van der Waals surface area contributed by atoms with Gasteiger partial charge in [-0.3, -0.25) is 4.99 Å². The van der Waals surface area contributed by atoms with Crippen molar-refractivity contribution >= 4 is 17.7 Å². The summed E-state index contributed by atoms with van der Waals surface area (Å²) in [6.07, 6.45) is 11.4. The van der Waals surface area contributed by atoms with Gasteiger partial charge in [0, 0.05) is 38.1 Å². The highest BCUT2D eigenvalue weighted by atomic mass is 32.2. The molecule has 21 heavy (non-hydrogen) atoms. The van der Waals surface area contributed by atoms with E-state index in [0.717, 1.165) is 51.0 Å². The predicted molar refractivity (Wildman–Crippen MR) is 92.2 cm³/mol. The zero-order valence-corrected chi connectivity index (χ0v) is 14.4. The van der Waals surface area contributed by atoms with Crippen molar-refractivity contribution in [2.75, 3.05) is 39.6 Å². The summed E-state index contributed by atoms with van der Waals surface area (Å²) in [7, 11) is 1.87. The summed E-state index contributed by atoms with van der Waals surface area (Å²) in [5.74, 6) is 1.79. The lowest BCUT2D eigenvalue weighted by Gasteiger charge is -2.36. The van der Waals surface area contributed by atoms with Gasteiger partial charge in [-0.05, 0) is 37.9 Å². The molecule has 0 atom stereocenters. The molecule has 5 heteroatoms. The summed E-state index contributed by atoms with van der Waals surface area (Å²) < 4.78 is 5.81. The monoisotopic (exact) mass is 313 g/mol. The van der Waals surface area contributed by atoms with E-state index in [1.54, 1.807) is 0 Å². The number of guanidine groups is 1. The number of nitrogens with one attached hydrogen (secondary N) is 2. The molecule has 2 aliphatic rings. The van der Waals surface area contributed by atoms with Crippen LogP contribution in [0.4, 0.5) is 0 Å². The van der Waals surface area contributed by atoms with E-state index < -0.39 is 0 Å². The Morgan fingerprint density at radius 2 is 1.90 bits per heavy atom. The molecule has 2 N–H and O–H groups in total. The van der Waals surface area contributed by atoms with Gasteiger partial charge in [0.1, 0.15) is 0 Å². The molecule has 2 fully saturated rings. The Kier molecular flexibility index (Phi) is 7.17. The van der Waals surface area contributed by atoms with Crippen LogP contribution in [0.5, 0.6) is 0 Å². The van der Waals surface area contributed by atoms with Gasteiger partial charge in [-0.2, -0.15) is 11.8 Å². The van der Waals surface area contributed by atoms with Crippen molar-refractivity contribution in [3.63, 3.8) is 0 Å². The Bertz CT molecular complexity index is 323. The van der Waals surface area contributed by atoms with E-state index in [4.69, 9.17) is 4.74 Å². The van der Waals surface area contributed by atoms with E-state index in [2.05, 4.69) is 21.9 Å². The highest BCUT2D eigenvalue weighted by molar-refractivity contribution is 8.00. The third-order valence-corrected chi connectivity index (χ3v) is 6.34. The fourth-order valence-electron chi connectivity index (χ4n) is 3.29. The number of thioether (sulfide) groups is 1. The van der Waals surface area contributed by atoms with Gasteiger partial charge in [0.05, 0.1) is 0 Å². The molecule has 0 aromatic heterocycles. The summed E-state index contributed by atoms with van der Waals surface area (Å²) in [4.78, 5) is 4.38. The number of hydrogen-bond donors (Lipinski definition) is 2. The molecule has 0 aromatic rings. The molecular weight excluding hydrogens is 282 g/mol. The molecule has 1 saturated heterocycles. The minimum atomic E-state index is 0.306. The second-order valence-electron chi connectivity index (χ2n) is 6.31. The average molecular weight is 314 g/mol. The highest BCUT2D eigenvalue weighted by Crippen LogP contribution is 2.32. The number of hydrogen-bond acceptors (Lipinski definition) is 3. The van der Waals surface area contributed by atoms with Crippen LogP contribution in [0.2, 0.25) is 0 Å². The molecule has 0 bridgehead atoms. The molecule has 4 nitrogen and oxygen atoms in total. The first-order valence-electron chi connectivity index (χ1n) is 8.35. The molecule has 2 rings (SSSR count). The summed E-state index contributed by atoms with van der Waals surface area (Å²) in [5.41, 5.74) is 0. The number of aliphatic imine (C=N–C) groups is 1. The minimum Gasteiger partial charge on any atom is -0.381 e. The number of rotatable bonds is 5. The number of ether oxygens (including phenoxy) is 1. The molecule has 1 aliphatic heterocycles. The maximum absolute atomic E-state index is 5.50. The molecule has 0 aromatic carbocycles. The second-order valence-corrected chi connectivity index (χ2v) is 7.58.